The van der Waals surface area contributed by atoms with Gasteiger partial charge in [0, 0.05) is 11.6 Å². The molecule has 1 aliphatic rings. The van der Waals surface area contributed by atoms with Crippen molar-refractivity contribution in [2.75, 3.05) is 7.05 Å². The van der Waals surface area contributed by atoms with Gasteiger partial charge in [-0.3, -0.25) is 0 Å². The summed E-state index contributed by atoms with van der Waals surface area (Å²) in [5.41, 5.74) is 2.96. The summed E-state index contributed by atoms with van der Waals surface area (Å²) in [4.78, 5) is 0. The average molecular weight is 263 g/mol. The van der Waals surface area contributed by atoms with Crippen LogP contribution in [-0.2, 0) is 0 Å². The third kappa shape index (κ3) is 3.56. The molecule has 0 aromatic heterocycles. The van der Waals surface area contributed by atoms with Crippen molar-refractivity contribution in [3.05, 3.63) is 34.6 Å². The minimum atomic E-state index is -0.0485. The lowest BCUT2D eigenvalue weighted by Gasteiger charge is -2.28. The standard InChI is InChI=1S/C17H26FN/c1-12-9-13(2)17(15(18)10-12)16(19-3)11-14-7-5-4-6-8-14/h9-10,14,16,19H,4-8,11H2,1-3H3. The Morgan fingerprint density at radius 3 is 2.47 bits per heavy atom. The van der Waals surface area contributed by atoms with Crippen LogP contribution in [0.5, 0.6) is 0 Å². The van der Waals surface area contributed by atoms with E-state index in [0.29, 0.717) is 0 Å². The van der Waals surface area contributed by atoms with E-state index in [1.54, 1.807) is 6.07 Å². The molecule has 1 nitrogen and oxygen atoms in total. The highest BCUT2D eigenvalue weighted by Crippen LogP contribution is 2.33. The normalized spacial score (nSPS) is 18.5. The third-order valence-corrected chi connectivity index (χ3v) is 4.47. The van der Waals surface area contributed by atoms with Gasteiger partial charge in [-0.05, 0) is 50.4 Å². The van der Waals surface area contributed by atoms with E-state index in [1.165, 1.54) is 32.1 Å². The second-order valence-electron chi connectivity index (χ2n) is 6.06. The van der Waals surface area contributed by atoms with Gasteiger partial charge >= 0.3 is 0 Å². The molecule has 2 rings (SSSR count). The fourth-order valence-electron chi connectivity index (χ4n) is 3.50. The maximum Gasteiger partial charge on any atom is 0.128 e. The first-order valence-corrected chi connectivity index (χ1v) is 7.55. The van der Waals surface area contributed by atoms with Gasteiger partial charge in [0.2, 0.25) is 0 Å². The Morgan fingerprint density at radius 2 is 1.89 bits per heavy atom. The second-order valence-corrected chi connectivity index (χ2v) is 6.06. The zero-order valence-electron chi connectivity index (χ0n) is 12.4. The Bertz CT molecular complexity index is 398. The molecule has 1 fully saturated rings. The van der Waals surface area contributed by atoms with Crippen LogP contribution in [0.4, 0.5) is 4.39 Å². The SMILES string of the molecule is CNC(CC1CCCCC1)c1c(C)cc(C)cc1F. The van der Waals surface area contributed by atoms with Gasteiger partial charge in [-0.2, -0.15) is 0 Å². The van der Waals surface area contributed by atoms with Crippen LogP contribution in [0.1, 0.15) is 61.3 Å². The van der Waals surface area contributed by atoms with Crippen molar-refractivity contribution in [3.8, 4) is 0 Å². The summed E-state index contributed by atoms with van der Waals surface area (Å²) >= 11 is 0. The smallest absolute Gasteiger partial charge is 0.128 e. The van der Waals surface area contributed by atoms with Gasteiger partial charge < -0.3 is 5.32 Å². The first-order chi connectivity index (χ1) is 9.11. The van der Waals surface area contributed by atoms with Crippen LogP contribution in [0.2, 0.25) is 0 Å². The van der Waals surface area contributed by atoms with Crippen molar-refractivity contribution in [2.24, 2.45) is 5.92 Å². The Balaban J connectivity index is 2.16. The van der Waals surface area contributed by atoms with Crippen LogP contribution in [0.25, 0.3) is 0 Å². The number of rotatable bonds is 4. The monoisotopic (exact) mass is 263 g/mol. The van der Waals surface area contributed by atoms with Crippen LogP contribution >= 0.6 is 0 Å². The highest BCUT2D eigenvalue weighted by atomic mass is 19.1. The Hall–Kier alpha value is -0.890. The van der Waals surface area contributed by atoms with Crippen molar-refractivity contribution in [2.45, 2.75) is 58.4 Å². The van der Waals surface area contributed by atoms with Crippen LogP contribution in [-0.4, -0.2) is 7.05 Å². The molecule has 0 spiro atoms. The van der Waals surface area contributed by atoms with Gasteiger partial charge in [0.1, 0.15) is 5.82 Å². The Morgan fingerprint density at radius 1 is 1.21 bits per heavy atom. The lowest BCUT2D eigenvalue weighted by atomic mass is 9.82. The minimum Gasteiger partial charge on any atom is -0.313 e. The largest absolute Gasteiger partial charge is 0.313 e. The lowest BCUT2D eigenvalue weighted by Crippen LogP contribution is -2.23. The Kier molecular flexibility index (Phi) is 4.98. The highest BCUT2D eigenvalue weighted by Gasteiger charge is 2.22. The van der Waals surface area contributed by atoms with Crippen LogP contribution in [0, 0.1) is 25.6 Å². The summed E-state index contributed by atoms with van der Waals surface area (Å²) in [6, 6.07) is 3.90. The zero-order chi connectivity index (χ0) is 13.8. The fraction of sp³-hybridized carbons (Fsp3) is 0.647. The first-order valence-electron chi connectivity index (χ1n) is 7.55. The molecule has 1 atom stereocenters. The number of benzene rings is 1. The van der Waals surface area contributed by atoms with Crippen molar-refractivity contribution >= 4 is 0 Å². The quantitative estimate of drug-likeness (QED) is 0.832. The van der Waals surface area contributed by atoms with Crippen LogP contribution in [0.15, 0.2) is 12.1 Å². The summed E-state index contributed by atoms with van der Waals surface area (Å²) in [6.07, 6.45) is 7.75. The number of hydrogen-bond acceptors (Lipinski definition) is 1. The predicted molar refractivity (Wildman–Crippen MR) is 78.9 cm³/mol. The molecular formula is C17H26FN. The predicted octanol–water partition coefficient (Wildman–Crippen LogP) is 4.67. The van der Waals surface area contributed by atoms with Crippen molar-refractivity contribution in [3.63, 3.8) is 0 Å². The molecule has 19 heavy (non-hydrogen) atoms. The molecule has 0 aliphatic heterocycles. The molecule has 1 N–H and O–H groups in total. The van der Waals surface area contributed by atoms with E-state index >= 15 is 0 Å². The molecular weight excluding hydrogens is 237 g/mol. The fourth-order valence-corrected chi connectivity index (χ4v) is 3.50. The molecule has 1 aliphatic carbocycles. The van der Waals surface area contributed by atoms with Gasteiger partial charge in [-0.1, -0.05) is 38.2 Å². The first kappa shape index (κ1) is 14.5. The van der Waals surface area contributed by atoms with E-state index in [0.717, 1.165) is 29.0 Å². The van der Waals surface area contributed by atoms with Crippen LogP contribution < -0.4 is 5.32 Å². The van der Waals surface area contributed by atoms with Gasteiger partial charge in [-0.25, -0.2) is 4.39 Å². The third-order valence-electron chi connectivity index (χ3n) is 4.47. The maximum atomic E-state index is 14.3. The van der Waals surface area contributed by atoms with Crippen molar-refractivity contribution < 1.29 is 4.39 Å². The summed E-state index contributed by atoms with van der Waals surface area (Å²) in [6.45, 7) is 3.98. The second kappa shape index (κ2) is 6.51. The minimum absolute atomic E-state index is 0.0485. The summed E-state index contributed by atoms with van der Waals surface area (Å²) in [5.74, 6) is 0.707. The topological polar surface area (TPSA) is 12.0 Å². The van der Waals surface area contributed by atoms with Gasteiger partial charge in [-0.15, -0.1) is 0 Å². The summed E-state index contributed by atoms with van der Waals surface area (Å²) in [5, 5.41) is 3.33. The molecule has 2 heteroatoms. The lowest BCUT2D eigenvalue weighted by molar-refractivity contribution is 0.302. The molecule has 0 bridgehead atoms. The van der Waals surface area contributed by atoms with Gasteiger partial charge in [0.15, 0.2) is 0 Å². The molecule has 0 heterocycles. The van der Waals surface area contributed by atoms with E-state index in [-0.39, 0.29) is 11.9 Å². The van der Waals surface area contributed by atoms with E-state index in [1.807, 2.05) is 20.9 Å². The van der Waals surface area contributed by atoms with Crippen molar-refractivity contribution in [1.82, 2.24) is 5.32 Å². The van der Waals surface area contributed by atoms with E-state index in [9.17, 15) is 4.39 Å². The molecule has 0 radical (unpaired) electrons. The molecule has 1 saturated carbocycles. The summed E-state index contributed by atoms with van der Waals surface area (Å²) in [7, 11) is 1.95. The number of halogens is 1. The maximum absolute atomic E-state index is 14.3. The molecule has 1 unspecified atom stereocenters. The number of hydrogen-bond donors (Lipinski definition) is 1. The Labute approximate surface area is 116 Å². The highest BCUT2D eigenvalue weighted by molar-refractivity contribution is 5.34. The van der Waals surface area contributed by atoms with Gasteiger partial charge in [0.25, 0.3) is 0 Å². The molecule has 1 aromatic rings. The number of nitrogens with one attached hydrogen (secondary N) is 1. The molecule has 0 amide bonds. The average Bonchev–Trinajstić information content (AvgIpc) is 2.37. The van der Waals surface area contributed by atoms with Crippen LogP contribution in [0.3, 0.4) is 0 Å². The summed E-state index contributed by atoms with van der Waals surface area (Å²) < 4.78 is 14.3. The number of aryl methyl sites for hydroxylation is 2. The van der Waals surface area contributed by atoms with Crippen molar-refractivity contribution in [1.29, 1.82) is 0 Å². The van der Waals surface area contributed by atoms with E-state index in [2.05, 4.69) is 11.4 Å². The van der Waals surface area contributed by atoms with Gasteiger partial charge in [0.05, 0.1) is 0 Å². The molecule has 106 valence electrons. The molecule has 0 saturated heterocycles. The zero-order valence-corrected chi connectivity index (χ0v) is 12.4. The van der Waals surface area contributed by atoms with E-state index in [4.69, 9.17) is 0 Å². The van der Waals surface area contributed by atoms with E-state index < -0.39 is 0 Å². The molecule has 1 aromatic carbocycles.